The average Bonchev–Trinajstić information content (AvgIpc) is 2.65. The highest BCUT2D eigenvalue weighted by atomic mass is 79.9. The monoisotopic (exact) mass is 303 g/mol. The van der Waals surface area contributed by atoms with Gasteiger partial charge in [0.05, 0.1) is 9.98 Å². The Morgan fingerprint density at radius 3 is 2.56 bits per heavy atom. The van der Waals surface area contributed by atoms with Crippen molar-refractivity contribution in [2.45, 2.75) is 13.8 Å². The van der Waals surface area contributed by atoms with E-state index in [2.05, 4.69) is 44.6 Å². The first-order valence-corrected chi connectivity index (χ1v) is 7.34. The lowest BCUT2D eigenvalue weighted by molar-refractivity contribution is 0.231. The summed E-state index contributed by atoms with van der Waals surface area (Å²) in [7, 11) is 0. The first-order valence-electron chi connectivity index (χ1n) is 5.74. The van der Waals surface area contributed by atoms with Gasteiger partial charge in [0.15, 0.2) is 5.13 Å². The molecule has 0 N–H and O–H groups in total. The Balaban J connectivity index is 1.85. The zero-order valence-corrected chi connectivity index (χ0v) is 12.2. The van der Waals surface area contributed by atoms with E-state index in [1.165, 1.54) is 6.54 Å². The zero-order valence-electron chi connectivity index (χ0n) is 9.82. The summed E-state index contributed by atoms with van der Waals surface area (Å²) in [6.07, 6.45) is 1.89. The third kappa shape index (κ3) is 3.18. The van der Waals surface area contributed by atoms with Crippen LogP contribution in [0.15, 0.2) is 9.98 Å². The number of rotatable bonds is 3. The van der Waals surface area contributed by atoms with Gasteiger partial charge in [-0.3, -0.25) is 4.90 Å². The lowest BCUT2D eigenvalue weighted by Crippen LogP contribution is -2.47. The van der Waals surface area contributed by atoms with Gasteiger partial charge < -0.3 is 4.90 Å². The fraction of sp³-hybridized carbons (Fsp3) is 0.727. The van der Waals surface area contributed by atoms with E-state index in [9.17, 15) is 0 Å². The number of anilines is 1. The number of nitrogens with zero attached hydrogens (tertiary/aromatic N) is 3. The van der Waals surface area contributed by atoms with Crippen molar-refractivity contribution in [3.63, 3.8) is 0 Å². The quantitative estimate of drug-likeness (QED) is 0.856. The summed E-state index contributed by atoms with van der Waals surface area (Å²) in [5.74, 6) is 0.764. The molecule has 0 unspecified atom stereocenters. The fourth-order valence-electron chi connectivity index (χ4n) is 2.03. The van der Waals surface area contributed by atoms with Crippen molar-refractivity contribution in [1.82, 2.24) is 9.88 Å². The van der Waals surface area contributed by atoms with Crippen molar-refractivity contribution in [3.8, 4) is 0 Å². The Morgan fingerprint density at radius 2 is 2.06 bits per heavy atom. The maximum atomic E-state index is 4.40. The molecule has 1 saturated heterocycles. The smallest absolute Gasteiger partial charge is 0.186 e. The minimum absolute atomic E-state index is 0.764. The molecule has 0 bridgehead atoms. The largest absolute Gasteiger partial charge is 0.345 e. The fourth-order valence-corrected chi connectivity index (χ4v) is 3.26. The van der Waals surface area contributed by atoms with Crippen LogP contribution in [0.2, 0.25) is 0 Å². The molecule has 1 aliphatic rings. The standard InChI is InChI=1S/C11H18BrN3S/c1-9(2)8-14-3-5-15(6-4-14)11-13-7-10(12)16-11/h7,9H,3-6,8H2,1-2H3. The Morgan fingerprint density at radius 1 is 1.38 bits per heavy atom. The summed E-state index contributed by atoms with van der Waals surface area (Å²) in [6, 6.07) is 0. The highest BCUT2D eigenvalue weighted by Crippen LogP contribution is 2.27. The lowest BCUT2D eigenvalue weighted by Gasteiger charge is -2.35. The van der Waals surface area contributed by atoms with Gasteiger partial charge in [-0.1, -0.05) is 25.2 Å². The van der Waals surface area contributed by atoms with Gasteiger partial charge in [0.2, 0.25) is 0 Å². The Labute approximate surface area is 110 Å². The highest BCUT2D eigenvalue weighted by Gasteiger charge is 2.19. The van der Waals surface area contributed by atoms with Crippen LogP contribution in [0.3, 0.4) is 0 Å². The van der Waals surface area contributed by atoms with E-state index in [1.807, 2.05) is 6.20 Å². The zero-order chi connectivity index (χ0) is 11.5. The van der Waals surface area contributed by atoms with E-state index in [1.54, 1.807) is 11.3 Å². The molecule has 0 atom stereocenters. The number of halogens is 1. The van der Waals surface area contributed by atoms with Gasteiger partial charge in [0, 0.05) is 32.7 Å². The Kier molecular flexibility index (Phi) is 4.21. The van der Waals surface area contributed by atoms with Gasteiger partial charge in [-0.15, -0.1) is 0 Å². The van der Waals surface area contributed by atoms with Gasteiger partial charge in [0.25, 0.3) is 0 Å². The molecular weight excluding hydrogens is 286 g/mol. The van der Waals surface area contributed by atoms with E-state index in [0.29, 0.717) is 0 Å². The van der Waals surface area contributed by atoms with E-state index in [-0.39, 0.29) is 0 Å². The number of aromatic nitrogens is 1. The van der Waals surface area contributed by atoms with Crippen LogP contribution in [0.5, 0.6) is 0 Å². The number of piperazine rings is 1. The SMILES string of the molecule is CC(C)CN1CCN(c2ncc(Br)s2)CC1. The molecule has 1 fully saturated rings. The van der Waals surface area contributed by atoms with Gasteiger partial charge in [0.1, 0.15) is 0 Å². The van der Waals surface area contributed by atoms with Gasteiger partial charge >= 0.3 is 0 Å². The second-order valence-corrected chi connectivity index (χ2v) is 7.02. The highest BCUT2D eigenvalue weighted by molar-refractivity contribution is 9.11. The molecule has 2 heterocycles. The van der Waals surface area contributed by atoms with Crippen molar-refractivity contribution in [1.29, 1.82) is 0 Å². The topological polar surface area (TPSA) is 19.4 Å². The third-order valence-electron chi connectivity index (χ3n) is 2.73. The molecule has 3 nitrogen and oxygen atoms in total. The minimum Gasteiger partial charge on any atom is -0.345 e. The molecule has 2 rings (SSSR count). The van der Waals surface area contributed by atoms with Crippen molar-refractivity contribution in [2.75, 3.05) is 37.6 Å². The summed E-state index contributed by atoms with van der Waals surface area (Å²) < 4.78 is 1.12. The molecule has 0 saturated carbocycles. The summed E-state index contributed by atoms with van der Waals surface area (Å²) in [5, 5.41) is 1.15. The van der Waals surface area contributed by atoms with E-state index in [0.717, 1.165) is 41.0 Å². The molecule has 5 heteroatoms. The second-order valence-electron chi connectivity index (χ2n) is 4.63. The van der Waals surface area contributed by atoms with Crippen molar-refractivity contribution in [3.05, 3.63) is 9.98 Å². The van der Waals surface area contributed by atoms with E-state index in [4.69, 9.17) is 0 Å². The van der Waals surface area contributed by atoms with Crippen molar-refractivity contribution < 1.29 is 0 Å². The van der Waals surface area contributed by atoms with Crippen LogP contribution >= 0.6 is 27.3 Å². The second kappa shape index (κ2) is 5.47. The van der Waals surface area contributed by atoms with Gasteiger partial charge in [-0.05, 0) is 21.8 Å². The Bertz CT molecular complexity index is 332. The van der Waals surface area contributed by atoms with Crippen LogP contribution in [-0.4, -0.2) is 42.6 Å². The third-order valence-corrected chi connectivity index (χ3v) is 4.27. The summed E-state index contributed by atoms with van der Waals surface area (Å²) in [5.41, 5.74) is 0. The molecule has 90 valence electrons. The predicted molar refractivity (Wildman–Crippen MR) is 73.3 cm³/mol. The molecule has 1 aromatic rings. The molecular formula is C11H18BrN3S. The maximum Gasteiger partial charge on any atom is 0.186 e. The number of thiazole rings is 1. The molecule has 16 heavy (non-hydrogen) atoms. The normalized spacial score (nSPS) is 18.4. The molecule has 0 aromatic carbocycles. The first-order chi connectivity index (χ1) is 7.65. The van der Waals surface area contributed by atoms with Crippen LogP contribution in [0, 0.1) is 5.92 Å². The predicted octanol–water partition coefficient (Wildman–Crippen LogP) is 2.68. The molecule has 0 radical (unpaired) electrons. The Hall–Kier alpha value is -0.130. The van der Waals surface area contributed by atoms with Crippen LogP contribution in [0.25, 0.3) is 0 Å². The van der Waals surface area contributed by atoms with E-state index < -0.39 is 0 Å². The molecule has 0 aliphatic carbocycles. The van der Waals surface area contributed by atoms with Crippen LogP contribution in [0.4, 0.5) is 5.13 Å². The summed E-state index contributed by atoms with van der Waals surface area (Å²) >= 11 is 5.18. The van der Waals surface area contributed by atoms with Crippen LogP contribution in [0.1, 0.15) is 13.8 Å². The number of hydrogen-bond donors (Lipinski definition) is 0. The molecule has 0 amide bonds. The van der Waals surface area contributed by atoms with Crippen molar-refractivity contribution >= 4 is 32.4 Å². The van der Waals surface area contributed by atoms with Crippen LogP contribution < -0.4 is 4.90 Å². The minimum atomic E-state index is 0.764. The molecule has 1 aromatic heterocycles. The maximum absolute atomic E-state index is 4.40. The van der Waals surface area contributed by atoms with Gasteiger partial charge in [-0.25, -0.2) is 4.98 Å². The number of hydrogen-bond acceptors (Lipinski definition) is 4. The summed E-state index contributed by atoms with van der Waals surface area (Å²) in [6.45, 7) is 10.3. The van der Waals surface area contributed by atoms with Gasteiger partial charge in [-0.2, -0.15) is 0 Å². The molecule has 1 aliphatic heterocycles. The molecule has 0 spiro atoms. The summed E-state index contributed by atoms with van der Waals surface area (Å²) in [4.78, 5) is 9.33. The van der Waals surface area contributed by atoms with E-state index >= 15 is 0 Å². The lowest BCUT2D eigenvalue weighted by atomic mass is 10.2. The first kappa shape index (κ1) is 12.3. The van der Waals surface area contributed by atoms with Crippen molar-refractivity contribution in [2.24, 2.45) is 5.92 Å². The van der Waals surface area contributed by atoms with Crippen LogP contribution in [-0.2, 0) is 0 Å². The average molecular weight is 304 g/mol.